The van der Waals surface area contributed by atoms with Gasteiger partial charge in [0.15, 0.2) is 0 Å². The van der Waals surface area contributed by atoms with Crippen molar-refractivity contribution >= 4 is 0 Å². The molecule has 3 heteroatoms. The standard InChI is InChI=1S/C15H24FNO/c1-4-11(2)9-12(3)17-10-15(18)13-7-5-6-8-14(13)16/h5-8,11-12,15,17-18H,4,9-10H2,1-3H3. The first kappa shape index (κ1) is 15.1. The van der Waals surface area contributed by atoms with Gasteiger partial charge in [-0.25, -0.2) is 4.39 Å². The first-order chi connectivity index (χ1) is 8.54. The SMILES string of the molecule is CCC(C)CC(C)NCC(O)c1ccccc1F. The summed E-state index contributed by atoms with van der Waals surface area (Å²) in [5, 5.41) is 13.2. The Balaban J connectivity index is 2.42. The number of rotatable bonds is 7. The van der Waals surface area contributed by atoms with E-state index in [1.807, 2.05) is 0 Å². The second kappa shape index (κ2) is 7.49. The summed E-state index contributed by atoms with van der Waals surface area (Å²) in [4.78, 5) is 0. The molecule has 18 heavy (non-hydrogen) atoms. The van der Waals surface area contributed by atoms with Gasteiger partial charge < -0.3 is 10.4 Å². The lowest BCUT2D eigenvalue weighted by molar-refractivity contribution is 0.164. The summed E-state index contributed by atoms with van der Waals surface area (Å²) in [6.45, 7) is 6.87. The van der Waals surface area contributed by atoms with Crippen molar-refractivity contribution in [3.8, 4) is 0 Å². The number of hydrogen-bond acceptors (Lipinski definition) is 2. The zero-order valence-corrected chi connectivity index (χ0v) is 11.5. The highest BCUT2D eigenvalue weighted by Gasteiger charge is 2.13. The van der Waals surface area contributed by atoms with Crippen LogP contribution in [0.4, 0.5) is 4.39 Å². The fourth-order valence-corrected chi connectivity index (χ4v) is 2.02. The minimum absolute atomic E-state index is 0.335. The van der Waals surface area contributed by atoms with Gasteiger partial charge >= 0.3 is 0 Å². The second-order valence-corrected chi connectivity index (χ2v) is 5.10. The largest absolute Gasteiger partial charge is 0.387 e. The maximum atomic E-state index is 13.4. The molecule has 0 bridgehead atoms. The fourth-order valence-electron chi connectivity index (χ4n) is 2.02. The van der Waals surface area contributed by atoms with Crippen molar-refractivity contribution < 1.29 is 9.50 Å². The highest BCUT2D eigenvalue weighted by atomic mass is 19.1. The van der Waals surface area contributed by atoms with Gasteiger partial charge in [-0.2, -0.15) is 0 Å². The van der Waals surface area contributed by atoms with Gasteiger partial charge in [-0.05, 0) is 25.3 Å². The van der Waals surface area contributed by atoms with Crippen LogP contribution in [-0.4, -0.2) is 17.7 Å². The van der Waals surface area contributed by atoms with E-state index in [9.17, 15) is 9.50 Å². The Morgan fingerprint density at radius 1 is 1.28 bits per heavy atom. The molecule has 1 aromatic carbocycles. The molecule has 0 saturated heterocycles. The maximum absolute atomic E-state index is 13.4. The lowest BCUT2D eigenvalue weighted by atomic mass is 10.00. The summed E-state index contributed by atoms with van der Waals surface area (Å²) < 4.78 is 13.4. The molecule has 1 rings (SSSR count). The third-order valence-corrected chi connectivity index (χ3v) is 3.38. The molecule has 1 aromatic rings. The third-order valence-electron chi connectivity index (χ3n) is 3.38. The summed E-state index contributed by atoms with van der Waals surface area (Å²) in [6, 6.07) is 6.71. The van der Waals surface area contributed by atoms with Crippen LogP contribution < -0.4 is 5.32 Å². The summed E-state index contributed by atoms with van der Waals surface area (Å²) in [5.41, 5.74) is 0.362. The van der Waals surface area contributed by atoms with Gasteiger partial charge in [-0.1, -0.05) is 38.5 Å². The second-order valence-electron chi connectivity index (χ2n) is 5.10. The number of halogens is 1. The Morgan fingerprint density at radius 2 is 1.94 bits per heavy atom. The van der Waals surface area contributed by atoms with E-state index >= 15 is 0 Å². The van der Waals surface area contributed by atoms with Crippen LogP contribution in [0.25, 0.3) is 0 Å². The average molecular weight is 253 g/mol. The Kier molecular flexibility index (Phi) is 6.30. The van der Waals surface area contributed by atoms with Gasteiger partial charge in [0.1, 0.15) is 5.82 Å². The highest BCUT2D eigenvalue weighted by Crippen LogP contribution is 2.16. The zero-order chi connectivity index (χ0) is 13.5. The Labute approximate surface area is 109 Å². The molecule has 0 heterocycles. The van der Waals surface area contributed by atoms with E-state index in [1.165, 1.54) is 6.07 Å². The van der Waals surface area contributed by atoms with Gasteiger partial charge in [-0.15, -0.1) is 0 Å². The molecule has 0 saturated carbocycles. The van der Waals surface area contributed by atoms with Gasteiger partial charge in [0.25, 0.3) is 0 Å². The molecular formula is C15H24FNO. The number of hydrogen-bond donors (Lipinski definition) is 2. The van der Waals surface area contributed by atoms with Crippen molar-refractivity contribution in [2.24, 2.45) is 5.92 Å². The topological polar surface area (TPSA) is 32.3 Å². The van der Waals surface area contributed by atoms with Crippen molar-refractivity contribution in [1.29, 1.82) is 0 Å². The molecule has 2 N–H and O–H groups in total. The number of nitrogens with one attached hydrogen (secondary N) is 1. The molecule has 0 amide bonds. The summed E-state index contributed by atoms with van der Waals surface area (Å²) in [5.74, 6) is 0.319. The predicted molar refractivity (Wildman–Crippen MR) is 72.9 cm³/mol. The smallest absolute Gasteiger partial charge is 0.129 e. The third kappa shape index (κ3) is 4.75. The van der Waals surface area contributed by atoms with Crippen LogP contribution in [0.5, 0.6) is 0 Å². The number of aliphatic hydroxyl groups excluding tert-OH is 1. The van der Waals surface area contributed by atoms with E-state index < -0.39 is 6.10 Å². The van der Waals surface area contributed by atoms with Crippen molar-refractivity contribution in [3.63, 3.8) is 0 Å². The molecular weight excluding hydrogens is 229 g/mol. The fraction of sp³-hybridized carbons (Fsp3) is 0.600. The van der Waals surface area contributed by atoms with Crippen LogP contribution in [0.2, 0.25) is 0 Å². The van der Waals surface area contributed by atoms with Crippen LogP contribution in [0, 0.1) is 11.7 Å². The molecule has 0 aliphatic carbocycles. The molecule has 3 unspecified atom stereocenters. The van der Waals surface area contributed by atoms with E-state index in [0.29, 0.717) is 24.1 Å². The van der Waals surface area contributed by atoms with Crippen molar-refractivity contribution in [2.45, 2.75) is 45.8 Å². The average Bonchev–Trinajstić information content (AvgIpc) is 2.36. The van der Waals surface area contributed by atoms with Gasteiger partial charge in [0, 0.05) is 18.2 Å². The van der Waals surface area contributed by atoms with Crippen LogP contribution in [-0.2, 0) is 0 Å². The lowest BCUT2D eigenvalue weighted by Crippen LogP contribution is -2.31. The quantitative estimate of drug-likeness (QED) is 0.781. The summed E-state index contributed by atoms with van der Waals surface area (Å²) in [6.07, 6.45) is 1.44. The molecule has 0 aromatic heterocycles. The zero-order valence-electron chi connectivity index (χ0n) is 11.5. The molecule has 0 spiro atoms. The van der Waals surface area contributed by atoms with Crippen molar-refractivity contribution in [2.75, 3.05) is 6.54 Å². The molecule has 0 radical (unpaired) electrons. The first-order valence-electron chi connectivity index (χ1n) is 6.70. The van der Waals surface area contributed by atoms with E-state index in [2.05, 4.69) is 26.1 Å². The molecule has 3 atom stereocenters. The lowest BCUT2D eigenvalue weighted by Gasteiger charge is -2.20. The normalized spacial score (nSPS) is 16.3. The van der Waals surface area contributed by atoms with E-state index in [0.717, 1.165) is 12.8 Å². The molecule has 0 aliphatic heterocycles. The van der Waals surface area contributed by atoms with Crippen molar-refractivity contribution in [1.82, 2.24) is 5.32 Å². The van der Waals surface area contributed by atoms with Gasteiger partial charge in [0.2, 0.25) is 0 Å². The summed E-state index contributed by atoms with van der Waals surface area (Å²) >= 11 is 0. The van der Waals surface area contributed by atoms with Gasteiger partial charge in [0.05, 0.1) is 6.10 Å². The van der Waals surface area contributed by atoms with Gasteiger partial charge in [-0.3, -0.25) is 0 Å². The summed E-state index contributed by atoms with van der Waals surface area (Å²) in [7, 11) is 0. The van der Waals surface area contributed by atoms with E-state index in [4.69, 9.17) is 0 Å². The van der Waals surface area contributed by atoms with Crippen LogP contribution in [0.1, 0.15) is 45.3 Å². The van der Waals surface area contributed by atoms with E-state index in [-0.39, 0.29) is 5.82 Å². The van der Waals surface area contributed by atoms with E-state index in [1.54, 1.807) is 18.2 Å². The minimum Gasteiger partial charge on any atom is -0.387 e. The predicted octanol–water partition coefficient (Wildman–Crippen LogP) is 3.27. The monoisotopic (exact) mass is 253 g/mol. The van der Waals surface area contributed by atoms with Crippen LogP contribution in [0.3, 0.4) is 0 Å². The Hall–Kier alpha value is -0.930. The van der Waals surface area contributed by atoms with Crippen LogP contribution >= 0.6 is 0 Å². The van der Waals surface area contributed by atoms with Crippen LogP contribution in [0.15, 0.2) is 24.3 Å². The highest BCUT2D eigenvalue weighted by molar-refractivity contribution is 5.19. The Morgan fingerprint density at radius 3 is 2.56 bits per heavy atom. The molecule has 0 fully saturated rings. The minimum atomic E-state index is -0.786. The maximum Gasteiger partial charge on any atom is 0.129 e. The first-order valence-corrected chi connectivity index (χ1v) is 6.70. The number of benzene rings is 1. The number of aliphatic hydroxyl groups is 1. The Bertz CT molecular complexity index is 356. The molecule has 0 aliphatic rings. The molecule has 102 valence electrons. The molecule has 2 nitrogen and oxygen atoms in total. The van der Waals surface area contributed by atoms with Crippen molar-refractivity contribution in [3.05, 3.63) is 35.6 Å².